The maximum atomic E-state index is 13.7. The molecule has 1 fully saturated rings. The molecular weight excluding hydrogens is 380 g/mol. The van der Waals surface area contributed by atoms with Crippen LogP contribution in [0, 0.1) is 0 Å². The highest BCUT2D eigenvalue weighted by Gasteiger charge is 2.53. The number of esters is 1. The van der Waals surface area contributed by atoms with E-state index in [4.69, 9.17) is 4.74 Å². The standard InChI is InChI=1S/C24H20N2O4/c1-30-21(27)18-10-8-9-17(15-18)16-26-22(28)24(25-23(26)29,19-11-4-2-5-12-19)20-13-6-3-7-14-20/h2-15H,16H2,1H3,(H,25,29). The van der Waals surface area contributed by atoms with Crippen molar-refractivity contribution in [3.8, 4) is 0 Å². The summed E-state index contributed by atoms with van der Waals surface area (Å²) < 4.78 is 4.75. The van der Waals surface area contributed by atoms with Gasteiger partial charge in [-0.3, -0.25) is 9.69 Å². The van der Waals surface area contributed by atoms with Gasteiger partial charge in [-0.1, -0.05) is 72.8 Å². The molecule has 3 aromatic carbocycles. The SMILES string of the molecule is COC(=O)c1cccc(CN2C(=O)NC(c3ccccc3)(c3ccccc3)C2=O)c1. The monoisotopic (exact) mass is 400 g/mol. The van der Waals surface area contributed by atoms with E-state index in [0.29, 0.717) is 22.3 Å². The fourth-order valence-electron chi connectivity index (χ4n) is 3.75. The van der Waals surface area contributed by atoms with Crippen LogP contribution < -0.4 is 5.32 Å². The largest absolute Gasteiger partial charge is 0.465 e. The first-order valence-electron chi connectivity index (χ1n) is 9.48. The summed E-state index contributed by atoms with van der Waals surface area (Å²) in [5, 5.41) is 2.91. The van der Waals surface area contributed by atoms with Crippen LogP contribution >= 0.6 is 0 Å². The Hall–Kier alpha value is -3.93. The fourth-order valence-corrected chi connectivity index (χ4v) is 3.75. The molecule has 3 aromatic rings. The van der Waals surface area contributed by atoms with Crippen molar-refractivity contribution in [1.29, 1.82) is 0 Å². The van der Waals surface area contributed by atoms with Gasteiger partial charge in [0.25, 0.3) is 5.91 Å². The smallest absolute Gasteiger partial charge is 0.337 e. The van der Waals surface area contributed by atoms with E-state index in [1.165, 1.54) is 12.0 Å². The molecule has 0 radical (unpaired) electrons. The van der Waals surface area contributed by atoms with Gasteiger partial charge in [-0.15, -0.1) is 0 Å². The molecule has 0 spiro atoms. The second-order valence-electron chi connectivity index (χ2n) is 7.00. The molecule has 0 unspecified atom stereocenters. The topological polar surface area (TPSA) is 75.7 Å². The summed E-state index contributed by atoms with van der Waals surface area (Å²) in [7, 11) is 1.31. The Morgan fingerprint density at radius 2 is 1.50 bits per heavy atom. The maximum Gasteiger partial charge on any atom is 0.337 e. The van der Waals surface area contributed by atoms with Crippen LogP contribution in [0.5, 0.6) is 0 Å². The number of urea groups is 1. The van der Waals surface area contributed by atoms with E-state index in [1.54, 1.807) is 24.3 Å². The molecule has 6 heteroatoms. The molecule has 6 nitrogen and oxygen atoms in total. The lowest BCUT2D eigenvalue weighted by molar-refractivity contribution is -0.130. The number of rotatable bonds is 5. The van der Waals surface area contributed by atoms with E-state index in [-0.39, 0.29) is 12.5 Å². The molecule has 150 valence electrons. The lowest BCUT2D eigenvalue weighted by atomic mass is 9.82. The van der Waals surface area contributed by atoms with E-state index >= 15 is 0 Å². The van der Waals surface area contributed by atoms with Crippen molar-refractivity contribution in [2.75, 3.05) is 7.11 Å². The highest BCUT2D eigenvalue weighted by Crippen LogP contribution is 2.36. The first-order chi connectivity index (χ1) is 14.6. The number of hydrogen-bond donors (Lipinski definition) is 1. The van der Waals surface area contributed by atoms with Crippen molar-refractivity contribution in [1.82, 2.24) is 10.2 Å². The minimum absolute atomic E-state index is 0.0386. The number of benzene rings is 3. The second-order valence-corrected chi connectivity index (χ2v) is 7.00. The predicted octanol–water partition coefficient (Wildman–Crippen LogP) is 3.47. The average molecular weight is 400 g/mol. The highest BCUT2D eigenvalue weighted by atomic mass is 16.5. The highest BCUT2D eigenvalue weighted by molar-refractivity contribution is 6.09. The molecule has 1 aliphatic rings. The van der Waals surface area contributed by atoms with E-state index in [9.17, 15) is 14.4 Å². The third-order valence-corrected chi connectivity index (χ3v) is 5.21. The predicted molar refractivity (Wildman–Crippen MR) is 111 cm³/mol. The van der Waals surface area contributed by atoms with E-state index < -0.39 is 17.5 Å². The van der Waals surface area contributed by atoms with Crippen LogP contribution in [0.2, 0.25) is 0 Å². The Morgan fingerprint density at radius 1 is 0.900 bits per heavy atom. The quantitative estimate of drug-likeness (QED) is 0.526. The van der Waals surface area contributed by atoms with Crippen molar-refractivity contribution in [3.05, 3.63) is 107 Å². The van der Waals surface area contributed by atoms with E-state index in [2.05, 4.69) is 5.32 Å². The minimum atomic E-state index is -1.31. The van der Waals surface area contributed by atoms with Gasteiger partial charge in [-0.2, -0.15) is 0 Å². The van der Waals surface area contributed by atoms with E-state index in [0.717, 1.165) is 0 Å². The number of methoxy groups -OCH3 is 1. The summed E-state index contributed by atoms with van der Waals surface area (Å²) >= 11 is 0. The number of nitrogens with zero attached hydrogens (tertiary/aromatic N) is 1. The fraction of sp³-hybridized carbons (Fsp3) is 0.125. The number of imide groups is 1. The Balaban J connectivity index is 1.74. The molecule has 0 aromatic heterocycles. The Bertz CT molecular complexity index is 1060. The van der Waals surface area contributed by atoms with Crippen LogP contribution in [-0.4, -0.2) is 29.9 Å². The molecule has 1 saturated heterocycles. The minimum Gasteiger partial charge on any atom is -0.465 e. The van der Waals surface area contributed by atoms with Crippen molar-refractivity contribution >= 4 is 17.9 Å². The summed E-state index contributed by atoms with van der Waals surface area (Å²) in [6, 6.07) is 24.6. The molecule has 0 aliphatic carbocycles. The van der Waals surface area contributed by atoms with Crippen molar-refractivity contribution in [2.45, 2.75) is 12.1 Å². The molecule has 4 rings (SSSR count). The van der Waals surface area contributed by atoms with Gasteiger partial charge < -0.3 is 10.1 Å². The van der Waals surface area contributed by atoms with Gasteiger partial charge >= 0.3 is 12.0 Å². The van der Waals surface area contributed by atoms with Gasteiger partial charge in [0.15, 0.2) is 5.54 Å². The third kappa shape index (κ3) is 3.22. The zero-order valence-electron chi connectivity index (χ0n) is 16.4. The van der Waals surface area contributed by atoms with Crippen LogP contribution in [0.1, 0.15) is 27.0 Å². The van der Waals surface area contributed by atoms with Crippen LogP contribution in [-0.2, 0) is 21.6 Å². The molecule has 30 heavy (non-hydrogen) atoms. The van der Waals surface area contributed by atoms with Gasteiger partial charge in [0, 0.05) is 0 Å². The number of amides is 3. The number of carbonyl (C=O) groups excluding carboxylic acids is 3. The molecule has 1 N–H and O–H groups in total. The number of hydrogen-bond acceptors (Lipinski definition) is 4. The summed E-state index contributed by atoms with van der Waals surface area (Å²) in [5.41, 5.74) is 1.07. The van der Waals surface area contributed by atoms with E-state index in [1.807, 2.05) is 60.7 Å². The Labute approximate surface area is 174 Å². The first-order valence-corrected chi connectivity index (χ1v) is 9.48. The normalized spacial score (nSPS) is 15.0. The van der Waals surface area contributed by atoms with Gasteiger partial charge in [0.2, 0.25) is 0 Å². The lowest BCUT2D eigenvalue weighted by Gasteiger charge is -2.28. The molecule has 0 saturated carbocycles. The van der Waals surface area contributed by atoms with Crippen LogP contribution in [0.3, 0.4) is 0 Å². The summed E-state index contributed by atoms with van der Waals surface area (Å²) in [5.74, 6) is -0.842. The van der Waals surface area contributed by atoms with Gasteiger partial charge in [0.05, 0.1) is 19.2 Å². The average Bonchev–Trinajstić information content (AvgIpc) is 3.05. The van der Waals surface area contributed by atoms with Crippen molar-refractivity contribution in [3.63, 3.8) is 0 Å². The number of carbonyl (C=O) groups is 3. The Morgan fingerprint density at radius 3 is 2.07 bits per heavy atom. The molecule has 0 atom stereocenters. The summed E-state index contributed by atoms with van der Waals surface area (Å²) in [4.78, 5) is 39.6. The number of ether oxygens (including phenoxy) is 1. The lowest BCUT2D eigenvalue weighted by Crippen LogP contribution is -2.45. The van der Waals surface area contributed by atoms with Crippen molar-refractivity contribution < 1.29 is 19.1 Å². The van der Waals surface area contributed by atoms with Gasteiger partial charge in [-0.05, 0) is 28.8 Å². The maximum absolute atomic E-state index is 13.7. The molecule has 0 bridgehead atoms. The van der Waals surface area contributed by atoms with Crippen molar-refractivity contribution in [2.24, 2.45) is 0 Å². The summed E-state index contributed by atoms with van der Waals surface area (Å²) in [6.45, 7) is 0.0386. The zero-order chi connectivity index (χ0) is 21.1. The molecule has 3 amide bonds. The Kier molecular flexibility index (Phi) is 5.06. The van der Waals surface area contributed by atoms with Crippen LogP contribution in [0.15, 0.2) is 84.9 Å². The second kappa shape index (κ2) is 7.83. The molecular formula is C24H20N2O4. The first kappa shape index (κ1) is 19.4. The van der Waals surface area contributed by atoms with Crippen LogP contribution in [0.4, 0.5) is 4.79 Å². The molecule has 1 aliphatic heterocycles. The van der Waals surface area contributed by atoms with Crippen LogP contribution in [0.25, 0.3) is 0 Å². The zero-order valence-corrected chi connectivity index (χ0v) is 16.4. The molecule has 1 heterocycles. The summed E-state index contributed by atoms with van der Waals surface area (Å²) in [6.07, 6.45) is 0. The van der Waals surface area contributed by atoms with Gasteiger partial charge in [-0.25, -0.2) is 9.59 Å². The number of nitrogens with one attached hydrogen (secondary N) is 1. The third-order valence-electron chi connectivity index (χ3n) is 5.21. The van der Waals surface area contributed by atoms with Gasteiger partial charge in [0.1, 0.15) is 0 Å².